The van der Waals surface area contributed by atoms with Gasteiger partial charge in [0.15, 0.2) is 0 Å². The average Bonchev–Trinajstić information content (AvgIpc) is 3.28. The molecule has 212 valence electrons. The molecule has 1 atom stereocenters. The Labute approximate surface area is 232 Å². The lowest BCUT2D eigenvalue weighted by Crippen LogP contribution is -2.38. The third-order valence-electron chi connectivity index (χ3n) is 5.65. The van der Waals surface area contributed by atoms with Crippen LogP contribution in [0.15, 0.2) is 83.3 Å². The minimum Gasteiger partial charge on any atom is -0.493 e. The van der Waals surface area contributed by atoms with Gasteiger partial charge in [-0.25, -0.2) is 9.37 Å². The molecule has 0 radical (unpaired) electrons. The zero-order valence-electron chi connectivity index (χ0n) is 22.1. The molecule has 1 heterocycles. The molecule has 40 heavy (non-hydrogen) atoms. The molecule has 0 aliphatic heterocycles. The van der Waals surface area contributed by atoms with Crippen molar-refractivity contribution in [3.63, 3.8) is 0 Å². The standard InChI is InChI=1S/C28H27FN2O4.CH4O3S/c1-19-25(31-27(35-19)22-5-3-2-4-6-22)15-16-34-24-13-9-20(10-14-24)17-26(28(32)33)30-18-21-7-11-23(29)12-8-21;1-5(2,3)4/h2-14,26,30H,15-18H2,1H3,(H,32,33);1H3,(H,2,3,4). The molecule has 0 aliphatic carbocycles. The highest BCUT2D eigenvalue weighted by molar-refractivity contribution is 7.85. The number of halogens is 1. The van der Waals surface area contributed by atoms with Gasteiger partial charge >= 0.3 is 5.97 Å². The van der Waals surface area contributed by atoms with Gasteiger partial charge in [0.2, 0.25) is 5.89 Å². The van der Waals surface area contributed by atoms with Crippen molar-refractivity contribution in [1.29, 1.82) is 0 Å². The van der Waals surface area contributed by atoms with E-state index in [0.717, 1.165) is 28.1 Å². The number of carbonyl (C=O) groups is 1. The first kappa shape index (κ1) is 30.5. The molecular weight excluding hydrogens is 539 g/mol. The van der Waals surface area contributed by atoms with E-state index in [1.807, 2.05) is 61.5 Å². The van der Waals surface area contributed by atoms with Gasteiger partial charge in [-0.1, -0.05) is 42.5 Å². The van der Waals surface area contributed by atoms with E-state index in [9.17, 15) is 22.7 Å². The summed E-state index contributed by atoms with van der Waals surface area (Å²) in [4.78, 5) is 16.3. The summed E-state index contributed by atoms with van der Waals surface area (Å²) in [5, 5.41) is 12.6. The van der Waals surface area contributed by atoms with Gasteiger partial charge in [0.25, 0.3) is 10.1 Å². The third kappa shape index (κ3) is 10.6. The lowest BCUT2D eigenvalue weighted by atomic mass is 10.1. The van der Waals surface area contributed by atoms with E-state index in [-0.39, 0.29) is 5.82 Å². The molecular formula is C29H31FN2O7S. The highest BCUT2D eigenvalue weighted by Gasteiger charge is 2.17. The largest absolute Gasteiger partial charge is 0.493 e. The number of carboxylic acid groups (broad SMARTS) is 1. The van der Waals surface area contributed by atoms with E-state index in [1.54, 1.807) is 12.1 Å². The fourth-order valence-electron chi connectivity index (χ4n) is 3.68. The maximum atomic E-state index is 13.0. The van der Waals surface area contributed by atoms with Gasteiger partial charge in [-0.15, -0.1) is 0 Å². The predicted molar refractivity (Wildman–Crippen MR) is 148 cm³/mol. The van der Waals surface area contributed by atoms with Crippen LogP contribution in [0.3, 0.4) is 0 Å². The number of aromatic nitrogens is 1. The Morgan fingerprint density at radius 3 is 2.23 bits per heavy atom. The quantitative estimate of drug-likeness (QED) is 0.219. The number of oxazole rings is 1. The lowest BCUT2D eigenvalue weighted by molar-refractivity contribution is -0.139. The van der Waals surface area contributed by atoms with E-state index < -0.39 is 22.1 Å². The van der Waals surface area contributed by atoms with E-state index in [1.165, 1.54) is 12.1 Å². The first-order valence-electron chi connectivity index (χ1n) is 12.3. The summed E-state index contributed by atoms with van der Waals surface area (Å²) in [5.41, 5.74) is 3.48. The van der Waals surface area contributed by atoms with Gasteiger partial charge in [0.1, 0.15) is 23.4 Å². The third-order valence-corrected chi connectivity index (χ3v) is 5.65. The molecule has 0 fully saturated rings. The molecule has 0 aliphatic rings. The Balaban J connectivity index is 0.000000810. The molecule has 3 aromatic carbocycles. The van der Waals surface area contributed by atoms with Crippen LogP contribution in [0.2, 0.25) is 0 Å². The maximum Gasteiger partial charge on any atom is 0.321 e. The Hall–Kier alpha value is -4.06. The van der Waals surface area contributed by atoms with Crippen molar-refractivity contribution >= 4 is 16.1 Å². The summed E-state index contributed by atoms with van der Waals surface area (Å²) >= 11 is 0. The van der Waals surface area contributed by atoms with Gasteiger partial charge in [-0.2, -0.15) is 8.42 Å². The molecule has 9 nitrogen and oxygen atoms in total. The van der Waals surface area contributed by atoms with Crippen molar-refractivity contribution < 1.29 is 36.4 Å². The number of nitrogens with zero attached hydrogens (tertiary/aromatic N) is 1. The molecule has 4 rings (SSSR count). The molecule has 1 aromatic heterocycles. The average molecular weight is 571 g/mol. The highest BCUT2D eigenvalue weighted by atomic mass is 32.2. The minimum atomic E-state index is -3.67. The van der Waals surface area contributed by atoms with Crippen LogP contribution in [-0.2, 0) is 34.3 Å². The number of rotatable bonds is 11. The number of hydrogen-bond donors (Lipinski definition) is 3. The molecule has 4 aromatic rings. The van der Waals surface area contributed by atoms with Crippen molar-refractivity contribution in [3.05, 3.63) is 107 Å². The van der Waals surface area contributed by atoms with Gasteiger partial charge in [0.05, 0.1) is 18.6 Å². The van der Waals surface area contributed by atoms with Crippen LogP contribution in [0.25, 0.3) is 11.5 Å². The van der Waals surface area contributed by atoms with Crippen molar-refractivity contribution in [1.82, 2.24) is 10.3 Å². The van der Waals surface area contributed by atoms with E-state index >= 15 is 0 Å². The Bertz CT molecular complexity index is 1470. The van der Waals surface area contributed by atoms with Crippen molar-refractivity contribution in [3.8, 4) is 17.2 Å². The second kappa shape index (κ2) is 14.4. The SMILES string of the molecule is CS(=O)(=O)O.Cc1oc(-c2ccccc2)nc1CCOc1ccc(CC(NCc2ccc(F)cc2)C(=O)O)cc1. The molecule has 0 saturated heterocycles. The first-order valence-corrected chi connectivity index (χ1v) is 14.2. The highest BCUT2D eigenvalue weighted by Crippen LogP contribution is 2.22. The molecule has 3 N–H and O–H groups in total. The van der Waals surface area contributed by atoms with Crippen molar-refractivity contribution in [2.75, 3.05) is 12.9 Å². The van der Waals surface area contributed by atoms with Crippen LogP contribution in [-0.4, -0.2) is 47.9 Å². The number of nitrogens with one attached hydrogen (secondary N) is 1. The Morgan fingerprint density at radius 2 is 1.62 bits per heavy atom. The predicted octanol–water partition coefficient (Wildman–Crippen LogP) is 4.70. The first-order chi connectivity index (χ1) is 19.0. The fourth-order valence-corrected chi connectivity index (χ4v) is 3.68. The monoisotopic (exact) mass is 570 g/mol. The van der Waals surface area contributed by atoms with Crippen molar-refractivity contribution in [2.24, 2.45) is 0 Å². The summed E-state index contributed by atoms with van der Waals surface area (Å²) < 4.78 is 50.6. The summed E-state index contributed by atoms with van der Waals surface area (Å²) in [7, 11) is -3.67. The minimum absolute atomic E-state index is 0.317. The van der Waals surface area contributed by atoms with Crippen LogP contribution >= 0.6 is 0 Å². The zero-order valence-corrected chi connectivity index (χ0v) is 22.9. The molecule has 1 unspecified atom stereocenters. The Kier molecular flexibility index (Phi) is 10.9. The number of carboxylic acids is 1. The van der Waals surface area contributed by atoms with E-state index in [0.29, 0.717) is 43.9 Å². The summed E-state index contributed by atoms with van der Waals surface area (Å²) in [5.74, 6) is 0.813. The van der Waals surface area contributed by atoms with E-state index in [2.05, 4.69) is 10.3 Å². The lowest BCUT2D eigenvalue weighted by Gasteiger charge is -2.15. The summed E-state index contributed by atoms with van der Waals surface area (Å²) in [6.45, 7) is 2.68. The Morgan fingerprint density at radius 1 is 1.02 bits per heavy atom. The number of aryl methyl sites for hydroxylation is 1. The van der Waals surface area contributed by atoms with Crippen LogP contribution in [0.4, 0.5) is 4.39 Å². The van der Waals surface area contributed by atoms with Crippen LogP contribution in [0, 0.1) is 12.7 Å². The van der Waals surface area contributed by atoms with Gasteiger partial charge < -0.3 is 19.6 Å². The van der Waals surface area contributed by atoms with Crippen molar-refractivity contribution in [2.45, 2.75) is 32.4 Å². The topological polar surface area (TPSA) is 139 Å². The molecule has 0 spiro atoms. The van der Waals surface area contributed by atoms with Gasteiger partial charge in [-0.05, 0) is 60.9 Å². The fraction of sp³-hybridized carbons (Fsp3) is 0.241. The maximum absolute atomic E-state index is 13.0. The molecule has 0 amide bonds. The molecule has 0 bridgehead atoms. The number of benzene rings is 3. The summed E-state index contributed by atoms with van der Waals surface area (Å²) in [6.07, 6.45) is 1.64. The number of aliphatic carboxylic acids is 1. The second-order valence-electron chi connectivity index (χ2n) is 8.97. The normalized spacial score (nSPS) is 11.8. The second-order valence-corrected chi connectivity index (χ2v) is 10.4. The van der Waals surface area contributed by atoms with E-state index in [4.69, 9.17) is 13.7 Å². The number of ether oxygens (including phenoxy) is 1. The molecule has 11 heteroatoms. The van der Waals surface area contributed by atoms with Crippen LogP contribution in [0.1, 0.15) is 22.6 Å². The molecule has 0 saturated carbocycles. The zero-order chi connectivity index (χ0) is 29.1. The van der Waals surface area contributed by atoms with Gasteiger partial charge in [0, 0.05) is 18.5 Å². The smallest absolute Gasteiger partial charge is 0.321 e. The number of hydrogen-bond acceptors (Lipinski definition) is 7. The summed E-state index contributed by atoms with van der Waals surface area (Å²) in [6, 6.07) is 22.4. The van der Waals surface area contributed by atoms with Gasteiger partial charge in [-0.3, -0.25) is 9.35 Å². The van der Waals surface area contributed by atoms with Crippen LogP contribution < -0.4 is 10.1 Å². The van der Waals surface area contributed by atoms with Crippen LogP contribution in [0.5, 0.6) is 5.75 Å².